The van der Waals surface area contributed by atoms with E-state index in [1.54, 1.807) is 0 Å². The van der Waals surface area contributed by atoms with Crippen LogP contribution in [0.2, 0.25) is 0 Å². The average Bonchev–Trinajstić information content (AvgIpc) is 2.80. The minimum atomic E-state index is -0.176. The van der Waals surface area contributed by atoms with Gasteiger partial charge in [-0.05, 0) is 31.2 Å². The number of carbonyl (C=O) groups is 1. The van der Waals surface area contributed by atoms with Crippen LogP contribution in [0.5, 0.6) is 0 Å². The van der Waals surface area contributed by atoms with Crippen LogP contribution < -0.4 is 11.1 Å². The Labute approximate surface area is 134 Å². The van der Waals surface area contributed by atoms with E-state index in [1.165, 1.54) is 11.3 Å². The first-order valence-electron chi connectivity index (χ1n) is 6.41. The molecule has 0 aliphatic carbocycles. The Hall–Kier alpha value is -1.85. The van der Waals surface area contributed by atoms with E-state index in [0.29, 0.717) is 10.6 Å². The fourth-order valence-electron chi connectivity index (χ4n) is 2.12. The molecular weight excluding hydrogens is 348 g/mol. The Kier molecular flexibility index (Phi) is 3.69. The molecule has 3 rings (SSSR count). The number of halogens is 1. The molecule has 0 aliphatic rings. The molecule has 1 amide bonds. The number of anilines is 2. The lowest BCUT2D eigenvalue weighted by Crippen LogP contribution is -2.11. The highest BCUT2D eigenvalue weighted by Gasteiger charge is 2.17. The molecule has 3 nitrogen and oxygen atoms in total. The lowest BCUT2D eigenvalue weighted by atomic mass is 10.2. The van der Waals surface area contributed by atoms with E-state index in [0.717, 1.165) is 25.8 Å². The standard InChI is InChI=1S/C16H13BrN2OS/c1-9-5-7-10(8-6-9)19-16(20)15-14(18)13-11(17)3-2-4-12(13)21-15/h2-8H,18H2,1H3,(H,19,20). The van der Waals surface area contributed by atoms with Gasteiger partial charge in [0.15, 0.2) is 0 Å². The number of carbonyl (C=O) groups excluding carboxylic acids is 1. The number of amides is 1. The van der Waals surface area contributed by atoms with Crippen LogP contribution in [-0.2, 0) is 0 Å². The molecule has 1 aromatic heterocycles. The number of thiophene rings is 1. The minimum absolute atomic E-state index is 0.176. The lowest BCUT2D eigenvalue weighted by Gasteiger charge is -2.04. The van der Waals surface area contributed by atoms with Gasteiger partial charge in [-0.15, -0.1) is 11.3 Å². The van der Waals surface area contributed by atoms with Crippen LogP contribution in [-0.4, -0.2) is 5.91 Å². The van der Waals surface area contributed by atoms with Crippen molar-refractivity contribution >= 4 is 54.6 Å². The topological polar surface area (TPSA) is 55.1 Å². The zero-order valence-corrected chi connectivity index (χ0v) is 13.7. The molecule has 21 heavy (non-hydrogen) atoms. The van der Waals surface area contributed by atoms with Gasteiger partial charge in [-0.1, -0.05) is 39.7 Å². The molecular formula is C16H13BrN2OS. The first-order valence-corrected chi connectivity index (χ1v) is 8.01. The summed E-state index contributed by atoms with van der Waals surface area (Å²) in [5.74, 6) is -0.176. The largest absolute Gasteiger partial charge is 0.397 e. The summed E-state index contributed by atoms with van der Waals surface area (Å²) in [4.78, 5) is 12.9. The average molecular weight is 361 g/mol. The summed E-state index contributed by atoms with van der Waals surface area (Å²) in [6.45, 7) is 2.01. The van der Waals surface area contributed by atoms with Crippen LogP contribution in [0.25, 0.3) is 10.1 Å². The van der Waals surface area contributed by atoms with E-state index in [-0.39, 0.29) is 5.91 Å². The van der Waals surface area contributed by atoms with Crippen molar-refractivity contribution < 1.29 is 4.79 Å². The van der Waals surface area contributed by atoms with Gasteiger partial charge >= 0.3 is 0 Å². The summed E-state index contributed by atoms with van der Waals surface area (Å²) in [6, 6.07) is 13.5. The molecule has 0 aliphatic heterocycles. The second kappa shape index (κ2) is 5.50. The number of hydrogen-bond acceptors (Lipinski definition) is 3. The van der Waals surface area contributed by atoms with Crippen molar-refractivity contribution in [2.45, 2.75) is 6.92 Å². The molecule has 0 atom stereocenters. The zero-order chi connectivity index (χ0) is 15.0. The summed E-state index contributed by atoms with van der Waals surface area (Å²) in [7, 11) is 0. The summed E-state index contributed by atoms with van der Waals surface area (Å²) in [5.41, 5.74) is 8.58. The van der Waals surface area contributed by atoms with Crippen LogP contribution in [0, 0.1) is 6.92 Å². The van der Waals surface area contributed by atoms with Crippen LogP contribution in [0.1, 0.15) is 15.2 Å². The third-order valence-corrected chi connectivity index (χ3v) is 5.05. The van der Waals surface area contributed by atoms with Gasteiger partial charge < -0.3 is 11.1 Å². The van der Waals surface area contributed by atoms with Crippen LogP contribution >= 0.6 is 27.3 Å². The maximum atomic E-state index is 12.4. The Morgan fingerprint density at radius 3 is 2.57 bits per heavy atom. The van der Waals surface area contributed by atoms with E-state index in [4.69, 9.17) is 5.73 Å². The highest BCUT2D eigenvalue weighted by Crippen LogP contribution is 2.38. The fraction of sp³-hybridized carbons (Fsp3) is 0.0625. The Bertz CT molecular complexity index is 824. The smallest absolute Gasteiger partial charge is 0.267 e. The van der Waals surface area contributed by atoms with Gasteiger partial charge in [-0.2, -0.15) is 0 Å². The highest BCUT2D eigenvalue weighted by atomic mass is 79.9. The van der Waals surface area contributed by atoms with Crippen molar-refractivity contribution in [3.05, 3.63) is 57.4 Å². The number of nitrogens with one attached hydrogen (secondary N) is 1. The number of nitrogen functional groups attached to an aromatic ring is 1. The van der Waals surface area contributed by atoms with Crippen molar-refractivity contribution in [1.82, 2.24) is 0 Å². The number of aryl methyl sites for hydroxylation is 1. The van der Waals surface area contributed by atoms with E-state index in [9.17, 15) is 4.79 Å². The third-order valence-electron chi connectivity index (χ3n) is 3.22. The summed E-state index contributed by atoms with van der Waals surface area (Å²) in [5, 5.41) is 3.78. The SMILES string of the molecule is Cc1ccc(NC(=O)c2sc3cccc(Br)c3c2N)cc1. The van der Waals surface area contributed by atoms with Gasteiger partial charge in [0, 0.05) is 20.2 Å². The van der Waals surface area contributed by atoms with Gasteiger partial charge in [0.1, 0.15) is 4.88 Å². The number of hydrogen-bond donors (Lipinski definition) is 2. The number of benzene rings is 2. The van der Waals surface area contributed by atoms with Gasteiger partial charge in [-0.3, -0.25) is 4.79 Å². The van der Waals surface area contributed by atoms with E-state index in [1.807, 2.05) is 49.4 Å². The predicted octanol–water partition coefficient (Wildman–Crippen LogP) is 4.81. The normalized spacial score (nSPS) is 10.8. The first kappa shape index (κ1) is 14.1. The third kappa shape index (κ3) is 2.66. The van der Waals surface area contributed by atoms with E-state index in [2.05, 4.69) is 21.2 Å². The predicted molar refractivity (Wildman–Crippen MR) is 93.1 cm³/mol. The molecule has 0 saturated heterocycles. The summed E-state index contributed by atoms with van der Waals surface area (Å²) < 4.78 is 1.90. The lowest BCUT2D eigenvalue weighted by molar-refractivity contribution is 0.103. The number of fused-ring (bicyclic) bond motifs is 1. The first-order chi connectivity index (χ1) is 10.1. The molecule has 0 bridgehead atoms. The molecule has 0 radical (unpaired) electrons. The number of nitrogens with two attached hydrogens (primary N) is 1. The molecule has 1 heterocycles. The molecule has 2 aromatic carbocycles. The molecule has 5 heteroatoms. The second-order valence-electron chi connectivity index (χ2n) is 4.78. The molecule has 0 saturated carbocycles. The van der Waals surface area contributed by atoms with Crippen LogP contribution in [0.4, 0.5) is 11.4 Å². The van der Waals surface area contributed by atoms with Gasteiger partial charge in [0.05, 0.1) is 5.69 Å². The zero-order valence-electron chi connectivity index (χ0n) is 11.3. The quantitative estimate of drug-likeness (QED) is 0.688. The molecule has 3 aromatic rings. The Morgan fingerprint density at radius 2 is 1.90 bits per heavy atom. The fourth-order valence-corrected chi connectivity index (χ4v) is 3.88. The van der Waals surface area contributed by atoms with E-state index >= 15 is 0 Å². The van der Waals surface area contributed by atoms with Crippen LogP contribution in [0.3, 0.4) is 0 Å². The molecule has 106 valence electrons. The van der Waals surface area contributed by atoms with Gasteiger partial charge in [-0.25, -0.2) is 0 Å². The van der Waals surface area contributed by atoms with E-state index < -0.39 is 0 Å². The Morgan fingerprint density at radius 1 is 1.19 bits per heavy atom. The monoisotopic (exact) mass is 360 g/mol. The summed E-state index contributed by atoms with van der Waals surface area (Å²) >= 11 is 4.88. The minimum Gasteiger partial charge on any atom is -0.397 e. The van der Waals surface area contributed by atoms with Crippen molar-refractivity contribution in [1.29, 1.82) is 0 Å². The molecule has 0 unspecified atom stereocenters. The van der Waals surface area contributed by atoms with Crippen molar-refractivity contribution in [2.24, 2.45) is 0 Å². The highest BCUT2D eigenvalue weighted by molar-refractivity contribution is 9.10. The van der Waals surface area contributed by atoms with Gasteiger partial charge in [0.25, 0.3) is 5.91 Å². The van der Waals surface area contributed by atoms with Crippen molar-refractivity contribution in [2.75, 3.05) is 11.1 Å². The molecule has 0 fully saturated rings. The number of rotatable bonds is 2. The molecule has 0 spiro atoms. The van der Waals surface area contributed by atoms with Crippen LogP contribution in [0.15, 0.2) is 46.9 Å². The second-order valence-corrected chi connectivity index (χ2v) is 6.68. The summed E-state index contributed by atoms with van der Waals surface area (Å²) in [6.07, 6.45) is 0. The molecule has 3 N–H and O–H groups in total. The maximum absolute atomic E-state index is 12.4. The van der Waals surface area contributed by atoms with Crippen molar-refractivity contribution in [3.63, 3.8) is 0 Å². The Balaban J connectivity index is 1.96. The van der Waals surface area contributed by atoms with Crippen molar-refractivity contribution in [3.8, 4) is 0 Å². The maximum Gasteiger partial charge on any atom is 0.267 e. The van der Waals surface area contributed by atoms with Gasteiger partial charge in [0.2, 0.25) is 0 Å².